The normalized spacial score (nSPS) is 9.62. The van der Waals surface area contributed by atoms with Crippen LogP contribution in [0.15, 0.2) is 91.0 Å². The predicted octanol–water partition coefficient (Wildman–Crippen LogP) is 5.89. The Kier molecular flexibility index (Phi) is 11.6. The molecule has 0 spiro atoms. The van der Waals surface area contributed by atoms with Gasteiger partial charge in [-0.3, -0.25) is 0 Å². The number of benzene rings is 3. The number of hydrogen-bond acceptors (Lipinski definition) is 0. The van der Waals surface area contributed by atoms with Gasteiger partial charge in [0, 0.05) is 0 Å². The molecule has 0 unspecified atom stereocenters. The van der Waals surface area contributed by atoms with Crippen LogP contribution in [-0.4, -0.2) is 4.43 Å². The maximum Gasteiger partial charge on any atom is -0.000735 e. The molecule has 0 atom stereocenters. The van der Waals surface area contributed by atoms with E-state index in [0.29, 0.717) is 0 Å². The molecule has 0 N–H and O–H groups in total. The van der Waals surface area contributed by atoms with Crippen molar-refractivity contribution in [1.29, 1.82) is 0 Å². The van der Waals surface area contributed by atoms with Crippen LogP contribution in [0.1, 0.15) is 13.3 Å². The van der Waals surface area contributed by atoms with Gasteiger partial charge in [0.05, 0.1) is 0 Å². The third kappa shape index (κ3) is 6.81. The molecular formula is C21H23I2P. The van der Waals surface area contributed by atoms with Gasteiger partial charge in [-0.25, -0.2) is 0 Å². The standard InChI is InChI=1S/C18H15P.C3H7I.HI/c1-4-10-16(11-5-1)19(17-12-6-2-7-13-17)18-14-8-3-9-15-18;1-2-3-4;/h1-15H;2-3H2,1H3;1H. The van der Waals surface area contributed by atoms with Crippen molar-refractivity contribution in [3.63, 3.8) is 0 Å². The lowest BCUT2D eigenvalue weighted by molar-refractivity contribution is 1.13. The largest absolute Gasteiger partial charge is 0.107 e. The van der Waals surface area contributed by atoms with Gasteiger partial charge < -0.3 is 0 Å². The monoisotopic (exact) mass is 560 g/mol. The first-order valence-electron chi connectivity index (χ1n) is 7.88. The summed E-state index contributed by atoms with van der Waals surface area (Å²) in [6.07, 6.45) is 1.31. The Morgan fingerprint density at radius 3 is 1.08 bits per heavy atom. The fourth-order valence-corrected chi connectivity index (χ4v) is 4.48. The van der Waals surface area contributed by atoms with Crippen molar-refractivity contribution >= 4 is 70.4 Å². The Labute approximate surface area is 178 Å². The summed E-state index contributed by atoms with van der Waals surface area (Å²) in [6.45, 7) is 2.17. The Morgan fingerprint density at radius 1 is 0.625 bits per heavy atom. The lowest BCUT2D eigenvalue weighted by Gasteiger charge is -2.18. The maximum absolute atomic E-state index is 2.35. The molecule has 0 amide bonds. The number of hydrogen-bond donors (Lipinski definition) is 0. The van der Waals surface area contributed by atoms with Crippen LogP contribution in [0.4, 0.5) is 0 Å². The van der Waals surface area contributed by atoms with Crippen molar-refractivity contribution in [2.45, 2.75) is 13.3 Å². The van der Waals surface area contributed by atoms with Gasteiger partial charge in [0.15, 0.2) is 0 Å². The smallest absolute Gasteiger partial charge is 0.000735 e. The summed E-state index contributed by atoms with van der Waals surface area (Å²) in [4.78, 5) is 0. The summed E-state index contributed by atoms with van der Waals surface area (Å²) in [5, 5.41) is 4.19. The van der Waals surface area contributed by atoms with E-state index in [2.05, 4.69) is 121 Å². The van der Waals surface area contributed by atoms with Gasteiger partial charge in [-0.05, 0) is 34.7 Å². The van der Waals surface area contributed by atoms with E-state index in [9.17, 15) is 0 Å². The molecule has 0 aliphatic rings. The quantitative estimate of drug-likeness (QED) is 0.212. The molecule has 3 aromatic rings. The number of alkyl halides is 1. The third-order valence-corrected chi connectivity index (χ3v) is 6.75. The van der Waals surface area contributed by atoms with Gasteiger partial charge in [0.2, 0.25) is 0 Å². The molecule has 0 saturated carbocycles. The van der Waals surface area contributed by atoms with Crippen LogP contribution in [0.25, 0.3) is 0 Å². The minimum atomic E-state index is -0.446. The van der Waals surface area contributed by atoms with Crippen LogP contribution in [-0.2, 0) is 0 Å². The van der Waals surface area contributed by atoms with Gasteiger partial charge in [0.25, 0.3) is 0 Å². The van der Waals surface area contributed by atoms with E-state index in [1.807, 2.05) is 0 Å². The van der Waals surface area contributed by atoms with Crippen LogP contribution < -0.4 is 15.9 Å². The molecule has 0 aromatic heterocycles. The summed E-state index contributed by atoms with van der Waals surface area (Å²) in [5.74, 6) is 0. The summed E-state index contributed by atoms with van der Waals surface area (Å²) < 4.78 is 1.29. The molecule has 0 heterocycles. The molecule has 126 valence electrons. The van der Waals surface area contributed by atoms with E-state index >= 15 is 0 Å². The second-order valence-electron chi connectivity index (χ2n) is 5.03. The van der Waals surface area contributed by atoms with Gasteiger partial charge in [-0.2, -0.15) is 0 Å². The number of rotatable bonds is 4. The van der Waals surface area contributed by atoms with Gasteiger partial charge in [-0.1, -0.05) is 121 Å². The van der Waals surface area contributed by atoms with Crippen LogP contribution in [0.3, 0.4) is 0 Å². The maximum atomic E-state index is 2.35. The molecule has 0 saturated heterocycles. The second-order valence-corrected chi connectivity index (χ2v) is 8.33. The van der Waals surface area contributed by atoms with Crippen molar-refractivity contribution in [1.82, 2.24) is 0 Å². The molecule has 0 radical (unpaired) electrons. The van der Waals surface area contributed by atoms with E-state index in [-0.39, 0.29) is 24.0 Å². The zero-order chi connectivity index (χ0) is 16.3. The average Bonchev–Trinajstić information content (AvgIpc) is 2.65. The minimum absolute atomic E-state index is 0. The second kappa shape index (κ2) is 12.8. The Balaban J connectivity index is 0.000000522. The first-order valence-corrected chi connectivity index (χ1v) is 10.7. The predicted molar refractivity (Wildman–Crippen MR) is 130 cm³/mol. The zero-order valence-corrected chi connectivity index (χ0v) is 19.2. The first-order chi connectivity index (χ1) is 11.4. The topological polar surface area (TPSA) is 0 Å². The summed E-state index contributed by atoms with van der Waals surface area (Å²) in [6, 6.07) is 32.3. The highest BCUT2D eigenvalue weighted by atomic mass is 127. The SMILES string of the molecule is CCCI.I.c1ccc(P(c2ccccc2)c2ccccc2)cc1. The van der Waals surface area contributed by atoms with Gasteiger partial charge in [-0.15, -0.1) is 24.0 Å². The third-order valence-electron chi connectivity index (χ3n) is 3.23. The van der Waals surface area contributed by atoms with Crippen molar-refractivity contribution in [3.8, 4) is 0 Å². The Hall–Kier alpha value is -0.450. The fourth-order valence-electron chi connectivity index (χ4n) is 2.18. The molecule has 0 bridgehead atoms. The molecule has 3 aromatic carbocycles. The Bertz CT molecular complexity index is 561. The molecule has 3 rings (SSSR count). The van der Waals surface area contributed by atoms with E-state index in [0.717, 1.165) is 0 Å². The van der Waals surface area contributed by atoms with Crippen LogP contribution in [0.2, 0.25) is 0 Å². The lowest BCUT2D eigenvalue weighted by Crippen LogP contribution is -2.20. The number of halogens is 2. The molecule has 0 aliphatic heterocycles. The average molecular weight is 560 g/mol. The van der Waals surface area contributed by atoms with Gasteiger partial charge in [0.1, 0.15) is 0 Å². The fraction of sp³-hybridized carbons (Fsp3) is 0.143. The zero-order valence-electron chi connectivity index (χ0n) is 13.8. The van der Waals surface area contributed by atoms with Crippen molar-refractivity contribution in [2.24, 2.45) is 0 Å². The lowest BCUT2D eigenvalue weighted by atomic mass is 10.4. The summed E-state index contributed by atoms with van der Waals surface area (Å²) >= 11 is 2.35. The van der Waals surface area contributed by atoms with E-state index in [4.69, 9.17) is 0 Å². The van der Waals surface area contributed by atoms with Crippen LogP contribution in [0, 0.1) is 0 Å². The van der Waals surface area contributed by atoms with Crippen LogP contribution in [0.5, 0.6) is 0 Å². The van der Waals surface area contributed by atoms with E-state index in [1.165, 1.54) is 26.8 Å². The van der Waals surface area contributed by atoms with Crippen LogP contribution >= 0.6 is 54.5 Å². The Morgan fingerprint density at radius 2 is 0.875 bits per heavy atom. The van der Waals surface area contributed by atoms with Crippen molar-refractivity contribution < 1.29 is 0 Å². The van der Waals surface area contributed by atoms with Crippen molar-refractivity contribution in [3.05, 3.63) is 91.0 Å². The molecule has 0 nitrogen and oxygen atoms in total. The molecule has 3 heteroatoms. The highest BCUT2D eigenvalue weighted by Gasteiger charge is 2.14. The minimum Gasteiger partial charge on any atom is -0.107 e. The molecule has 0 aliphatic carbocycles. The highest BCUT2D eigenvalue weighted by molar-refractivity contribution is 14.1. The first kappa shape index (κ1) is 21.6. The molecular weight excluding hydrogens is 537 g/mol. The van der Waals surface area contributed by atoms with E-state index < -0.39 is 7.92 Å². The van der Waals surface area contributed by atoms with Crippen molar-refractivity contribution in [2.75, 3.05) is 4.43 Å². The molecule has 0 fully saturated rings. The van der Waals surface area contributed by atoms with Gasteiger partial charge >= 0.3 is 0 Å². The highest BCUT2D eigenvalue weighted by Crippen LogP contribution is 2.32. The molecule has 24 heavy (non-hydrogen) atoms. The summed E-state index contributed by atoms with van der Waals surface area (Å²) in [7, 11) is -0.446. The summed E-state index contributed by atoms with van der Waals surface area (Å²) in [5.41, 5.74) is 0. The van der Waals surface area contributed by atoms with E-state index in [1.54, 1.807) is 0 Å².